The van der Waals surface area contributed by atoms with Crippen molar-refractivity contribution in [3.63, 3.8) is 0 Å². The van der Waals surface area contributed by atoms with Gasteiger partial charge in [0.25, 0.3) is 15.7 Å². The molecule has 0 fully saturated rings. The van der Waals surface area contributed by atoms with E-state index in [0.717, 1.165) is 15.9 Å². The van der Waals surface area contributed by atoms with E-state index >= 15 is 0 Å². The zero-order valence-electron chi connectivity index (χ0n) is 25.7. The van der Waals surface area contributed by atoms with Crippen LogP contribution in [0.25, 0.3) is 0 Å². The number of nitrogens with one attached hydrogen (secondary N) is 1. The van der Waals surface area contributed by atoms with Crippen LogP contribution in [0.4, 0.5) is 11.4 Å². The van der Waals surface area contributed by atoms with Gasteiger partial charge in [0.15, 0.2) is 0 Å². The molecule has 4 aromatic rings. The molecule has 0 bridgehead atoms. The summed E-state index contributed by atoms with van der Waals surface area (Å²) in [6.07, 6.45) is 0.136. The third-order valence-electron chi connectivity index (χ3n) is 6.95. The number of anilines is 1. The monoisotopic (exact) mass is 662 g/mol. The van der Waals surface area contributed by atoms with E-state index in [0.29, 0.717) is 10.6 Å². The van der Waals surface area contributed by atoms with Gasteiger partial charge in [-0.2, -0.15) is 0 Å². The maximum atomic E-state index is 14.5. The Balaban J connectivity index is 1.84. The third kappa shape index (κ3) is 8.92. The van der Waals surface area contributed by atoms with Crippen LogP contribution >= 0.6 is 11.6 Å². The summed E-state index contributed by atoms with van der Waals surface area (Å²) < 4.78 is 28.9. The molecule has 0 saturated carbocycles. The molecule has 4 aromatic carbocycles. The van der Waals surface area contributed by atoms with Crippen molar-refractivity contribution in [2.45, 2.75) is 50.2 Å². The molecule has 10 nitrogen and oxygen atoms in total. The number of hydrogen-bond donors (Lipinski definition) is 1. The van der Waals surface area contributed by atoms with Crippen molar-refractivity contribution in [2.75, 3.05) is 10.8 Å². The van der Waals surface area contributed by atoms with Crippen molar-refractivity contribution in [1.29, 1.82) is 0 Å². The van der Waals surface area contributed by atoms with Crippen LogP contribution in [0.3, 0.4) is 0 Å². The summed E-state index contributed by atoms with van der Waals surface area (Å²) in [5.41, 5.74) is 0.346. The molecule has 0 spiro atoms. The molecule has 0 aliphatic carbocycles. The van der Waals surface area contributed by atoms with Gasteiger partial charge in [-0.3, -0.25) is 24.0 Å². The molecule has 0 aliphatic rings. The van der Waals surface area contributed by atoms with Gasteiger partial charge in [-0.1, -0.05) is 78.3 Å². The minimum Gasteiger partial charge on any atom is -0.350 e. The van der Waals surface area contributed by atoms with Gasteiger partial charge in [-0.05, 0) is 62.2 Å². The number of sulfonamides is 1. The van der Waals surface area contributed by atoms with Crippen LogP contribution in [-0.4, -0.2) is 48.2 Å². The molecule has 12 heteroatoms. The van der Waals surface area contributed by atoms with Crippen molar-refractivity contribution in [2.24, 2.45) is 0 Å². The number of nitro groups is 1. The summed E-state index contributed by atoms with van der Waals surface area (Å²) in [6.45, 7) is 4.66. The maximum Gasteiger partial charge on any atom is 0.271 e. The number of benzene rings is 4. The molecule has 0 aliphatic heterocycles. The highest BCUT2D eigenvalue weighted by Crippen LogP contribution is 2.28. The zero-order chi connectivity index (χ0) is 33.5. The predicted molar refractivity (Wildman–Crippen MR) is 178 cm³/mol. The van der Waals surface area contributed by atoms with Gasteiger partial charge in [-0.15, -0.1) is 0 Å². The summed E-state index contributed by atoms with van der Waals surface area (Å²) in [5, 5.41) is 15.0. The van der Waals surface area contributed by atoms with Crippen molar-refractivity contribution in [1.82, 2.24) is 10.2 Å². The standard InChI is InChI=1S/C34H35ClN4O6S/c1-34(2,3)36-33(41)31(21-25-12-6-4-7-13-25)37(23-26-14-10-15-27(35)20-26)32(40)24-38(28-16-11-17-29(22-28)39(42)43)46(44,45)30-18-8-5-9-19-30/h4-20,22,31H,21,23-24H2,1-3H3,(H,36,41). The first kappa shape index (κ1) is 34.1. The van der Waals surface area contributed by atoms with Gasteiger partial charge in [0.1, 0.15) is 12.6 Å². The number of non-ortho nitro benzene ring substituents is 1. The first-order valence-electron chi connectivity index (χ1n) is 14.5. The second kappa shape index (κ2) is 14.6. The topological polar surface area (TPSA) is 130 Å². The van der Waals surface area contributed by atoms with Crippen molar-refractivity contribution in [3.8, 4) is 0 Å². The highest BCUT2D eigenvalue weighted by atomic mass is 35.5. The number of carbonyl (C=O) groups is 2. The minimum atomic E-state index is -4.40. The van der Waals surface area contributed by atoms with Crippen LogP contribution in [0.15, 0.2) is 114 Å². The SMILES string of the molecule is CC(C)(C)NC(=O)C(Cc1ccccc1)N(Cc1cccc(Cl)c1)C(=O)CN(c1cccc([N+](=O)[O-])c1)S(=O)(=O)c1ccccc1. The van der Waals surface area contributed by atoms with Crippen LogP contribution in [0.5, 0.6) is 0 Å². The molecule has 0 saturated heterocycles. The Morgan fingerprint density at radius 1 is 0.870 bits per heavy atom. The number of hydrogen-bond acceptors (Lipinski definition) is 6. The lowest BCUT2D eigenvalue weighted by atomic mass is 10.0. The van der Waals surface area contributed by atoms with E-state index in [1.54, 1.807) is 42.5 Å². The highest BCUT2D eigenvalue weighted by molar-refractivity contribution is 7.92. The second-order valence-corrected chi connectivity index (χ2v) is 14.0. The van der Waals surface area contributed by atoms with Crippen molar-refractivity contribution in [3.05, 3.63) is 135 Å². The van der Waals surface area contributed by atoms with Crippen LogP contribution in [0.1, 0.15) is 31.9 Å². The average Bonchev–Trinajstić information content (AvgIpc) is 3.01. The summed E-state index contributed by atoms with van der Waals surface area (Å²) in [4.78, 5) is 40.6. The molecule has 0 aromatic heterocycles. The van der Waals surface area contributed by atoms with Crippen LogP contribution in [0.2, 0.25) is 5.02 Å². The summed E-state index contributed by atoms with van der Waals surface area (Å²) >= 11 is 6.27. The second-order valence-electron chi connectivity index (χ2n) is 11.7. The van der Waals surface area contributed by atoms with Crippen LogP contribution in [-0.2, 0) is 32.6 Å². The van der Waals surface area contributed by atoms with Crippen molar-refractivity contribution >= 4 is 44.8 Å². The molecule has 4 rings (SSSR count). The number of halogens is 1. The fourth-order valence-corrected chi connectivity index (χ4v) is 6.49. The zero-order valence-corrected chi connectivity index (χ0v) is 27.2. The van der Waals surface area contributed by atoms with Crippen LogP contribution < -0.4 is 9.62 Å². The number of carbonyl (C=O) groups excluding carboxylic acids is 2. The van der Waals surface area contributed by atoms with Gasteiger partial charge >= 0.3 is 0 Å². The maximum absolute atomic E-state index is 14.5. The van der Waals surface area contributed by atoms with Crippen LogP contribution in [0, 0.1) is 10.1 Å². The number of nitrogens with zero attached hydrogens (tertiary/aromatic N) is 3. The fourth-order valence-electron chi connectivity index (χ4n) is 4.85. The lowest BCUT2D eigenvalue weighted by Crippen LogP contribution is -2.56. The Morgan fingerprint density at radius 2 is 1.48 bits per heavy atom. The normalized spacial score (nSPS) is 12.2. The van der Waals surface area contributed by atoms with E-state index in [-0.39, 0.29) is 29.2 Å². The van der Waals surface area contributed by atoms with E-state index < -0.39 is 44.9 Å². The molecule has 46 heavy (non-hydrogen) atoms. The fraction of sp³-hybridized carbons (Fsp3) is 0.235. The van der Waals surface area contributed by atoms with E-state index in [4.69, 9.17) is 11.6 Å². The van der Waals surface area contributed by atoms with E-state index in [2.05, 4.69) is 5.32 Å². The molecule has 1 unspecified atom stereocenters. The minimum absolute atomic E-state index is 0.0668. The summed E-state index contributed by atoms with van der Waals surface area (Å²) in [7, 11) is -4.40. The van der Waals surface area contributed by atoms with Gasteiger partial charge < -0.3 is 10.2 Å². The first-order valence-corrected chi connectivity index (χ1v) is 16.3. The Hall–Kier alpha value is -4.74. The number of nitro benzene ring substituents is 1. The molecule has 240 valence electrons. The van der Waals surface area contributed by atoms with Gasteiger partial charge in [0.05, 0.1) is 15.5 Å². The Labute approximate surface area is 273 Å². The van der Waals surface area contributed by atoms with E-state index in [1.165, 1.54) is 35.2 Å². The lowest BCUT2D eigenvalue weighted by molar-refractivity contribution is -0.384. The molecule has 0 heterocycles. The molecule has 1 atom stereocenters. The molecular weight excluding hydrogens is 628 g/mol. The summed E-state index contributed by atoms with van der Waals surface area (Å²) in [5.74, 6) is -1.13. The Morgan fingerprint density at radius 3 is 2.09 bits per heavy atom. The predicted octanol–water partition coefficient (Wildman–Crippen LogP) is 6.00. The summed E-state index contributed by atoms with van der Waals surface area (Å²) in [6, 6.07) is 27.5. The van der Waals surface area contributed by atoms with Gasteiger partial charge in [0, 0.05) is 35.7 Å². The van der Waals surface area contributed by atoms with Crippen molar-refractivity contribution < 1.29 is 22.9 Å². The number of rotatable bonds is 12. The van der Waals surface area contributed by atoms with Gasteiger partial charge in [0.2, 0.25) is 11.8 Å². The van der Waals surface area contributed by atoms with E-state index in [1.807, 2.05) is 51.1 Å². The quantitative estimate of drug-likeness (QED) is 0.146. The van der Waals surface area contributed by atoms with Gasteiger partial charge in [-0.25, -0.2) is 8.42 Å². The molecular formula is C34H35ClN4O6S. The Bertz CT molecular complexity index is 1800. The lowest BCUT2D eigenvalue weighted by Gasteiger charge is -2.35. The number of amides is 2. The third-order valence-corrected chi connectivity index (χ3v) is 8.97. The molecule has 0 radical (unpaired) electrons. The largest absolute Gasteiger partial charge is 0.350 e. The first-order chi connectivity index (χ1) is 21.7. The highest BCUT2D eigenvalue weighted by Gasteiger charge is 2.36. The Kier molecular flexibility index (Phi) is 10.8. The molecule has 1 N–H and O–H groups in total. The average molecular weight is 663 g/mol. The van der Waals surface area contributed by atoms with E-state index in [9.17, 15) is 28.1 Å². The smallest absolute Gasteiger partial charge is 0.271 e. The molecule has 2 amide bonds.